The maximum Gasteiger partial charge on any atom is 0.262 e. The van der Waals surface area contributed by atoms with E-state index in [0.717, 1.165) is 10.8 Å². The SMILES string of the molecule is O=C(COc1ccc2ccccc2c1)Nc1cccc(S(=O)(=O)N2CCOCC2)c1. The molecule has 1 saturated heterocycles. The number of nitrogens with one attached hydrogen (secondary N) is 1. The predicted octanol–water partition coefficient (Wildman–Crippen LogP) is 2.88. The fourth-order valence-corrected chi connectivity index (χ4v) is 4.73. The van der Waals surface area contributed by atoms with Crippen molar-refractivity contribution < 1.29 is 22.7 Å². The summed E-state index contributed by atoms with van der Waals surface area (Å²) in [6.07, 6.45) is 0. The monoisotopic (exact) mass is 426 g/mol. The van der Waals surface area contributed by atoms with Crippen LogP contribution in [-0.2, 0) is 19.6 Å². The molecule has 0 aliphatic carbocycles. The summed E-state index contributed by atoms with van der Waals surface area (Å²) < 4.78 is 37.7. The third kappa shape index (κ3) is 4.62. The van der Waals surface area contributed by atoms with Crippen molar-refractivity contribution in [2.24, 2.45) is 0 Å². The van der Waals surface area contributed by atoms with Crippen LogP contribution in [0.4, 0.5) is 5.69 Å². The van der Waals surface area contributed by atoms with Crippen LogP contribution in [0.2, 0.25) is 0 Å². The number of morpholine rings is 1. The standard InChI is InChI=1S/C22H22N2O5S/c25-22(16-29-20-9-8-17-4-1-2-5-18(17)14-20)23-19-6-3-7-21(15-19)30(26,27)24-10-12-28-13-11-24/h1-9,14-15H,10-13,16H2,(H,23,25). The van der Waals surface area contributed by atoms with Crippen LogP contribution < -0.4 is 10.1 Å². The van der Waals surface area contributed by atoms with E-state index < -0.39 is 10.0 Å². The molecule has 0 bridgehead atoms. The van der Waals surface area contributed by atoms with E-state index >= 15 is 0 Å². The van der Waals surface area contributed by atoms with Crippen molar-refractivity contribution in [2.45, 2.75) is 4.90 Å². The van der Waals surface area contributed by atoms with Crippen LogP contribution in [0.1, 0.15) is 0 Å². The number of hydrogen-bond acceptors (Lipinski definition) is 5. The summed E-state index contributed by atoms with van der Waals surface area (Å²) in [5, 5.41) is 4.81. The quantitative estimate of drug-likeness (QED) is 0.655. The van der Waals surface area contributed by atoms with Gasteiger partial charge in [-0.3, -0.25) is 4.79 Å². The second-order valence-electron chi connectivity index (χ2n) is 6.89. The lowest BCUT2D eigenvalue weighted by atomic mass is 10.1. The molecule has 7 nitrogen and oxygen atoms in total. The van der Waals surface area contributed by atoms with E-state index in [4.69, 9.17) is 9.47 Å². The van der Waals surface area contributed by atoms with Crippen molar-refractivity contribution >= 4 is 32.4 Å². The number of benzene rings is 3. The molecule has 1 N–H and O–H groups in total. The van der Waals surface area contributed by atoms with Gasteiger partial charge < -0.3 is 14.8 Å². The van der Waals surface area contributed by atoms with E-state index in [0.29, 0.717) is 37.7 Å². The molecule has 1 fully saturated rings. The molecule has 1 amide bonds. The number of carbonyl (C=O) groups excluding carboxylic acids is 1. The van der Waals surface area contributed by atoms with Crippen molar-refractivity contribution in [2.75, 3.05) is 38.2 Å². The molecule has 0 atom stereocenters. The zero-order chi connectivity index (χ0) is 21.0. The Labute approximate surface area is 175 Å². The summed E-state index contributed by atoms with van der Waals surface area (Å²) in [7, 11) is -3.63. The number of nitrogens with zero attached hydrogens (tertiary/aromatic N) is 1. The van der Waals surface area contributed by atoms with Crippen LogP contribution in [0, 0.1) is 0 Å². The lowest BCUT2D eigenvalue weighted by Gasteiger charge is -2.26. The summed E-state index contributed by atoms with van der Waals surface area (Å²) in [6, 6.07) is 19.7. The molecule has 8 heteroatoms. The lowest BCUT2D eigenvalue weighted by molar-refractivity contribution is -0.118. The first-order valence-corrected chi connectivity index (χ1v) is 11.1. The Morgan fingerprint density at radius 1 is 0.967 bits per heavy atom. The minimum atomic E-state index is -3.63. The molecule has 0 aromatic heterocycles. The molecular formula is C22H22N2O5S. The number of hydrogen-bond donors (Lipinski definition) is 1. The fraction of sp³-hybridized carbons (Fsp3) is 0.227. The van der Waals surface area contributed by atoms with Crippen LogP contribution in [0.25, 0.3) is 10.8 Å². The zero-order valence-corrected chi connectivity index (χ0v) is 17.1. The van der Waals surface area contributed by atoms with Crippen LogP contribution in [0.5, 0.6) is 5.75 Å². The first-order chi connectivity index (χ1) is 14.5. The molecule has 30 heavy (non-hydrogen) atoms. The molecule has 0 spiro atoms. The Morgan fingerprint density at radius 2 is 1.73 bits per heavy atom. The van der Waals surface area contributed by atoms with Crippen LogP contribution in [-0.4, -0.2) is 51.5 Å². The number of carbonyl (C=O) groups is 1. The van der Waals surface area contributed by atoms with Gasteiger partial charge in [-0.05, 0) is 41.1 Å². The van der Waals surface area contributed by atoms with Crippen molar-refractivity contribution in [3.05, 3.63) is 66.7 Å². The molecule has 0 saturated carbocycles. The summed E-state index contributed by atoms with van der Waals surface area (Å²) in [6.45, 7) is 1.21. The van der Waals surface area contributed by atoms with Gasteiger partial charge in [0.1, 0.15) is 5.75 Å². The first kappa shape index (κ1) is 20.3. The Morgan fingerprint density at radius 3 is 2.53 bits per heavy atom. The van der Waals surface area contributed by atoms with E-state index in [1.165, 1.54) is 16.4 Å². The van der Waals surface area contributed by atoms with Gasteiger partial charge in [0.05, 0.1) is 18.1 Å². The topological polar surface area (TPSA) is 84.9 Å². The van der Waals surface area contributed by atoms with Crippen LogP contribution >= 0.6 is 0 Å². The molecule has 3 aromatic carbocycles. The van der Waals surface area contributed by atoms with E-state index in [2.05, 4.69) is 5.32 Å². The largest absolute Gasteiger partial charge is 0.484 e. The van der Waals surface area contributed by atoms with Gasteiger partial charge in [0, 0.05) is 18.8 Å². The van der Waals surface area contributed by atoms with Crippen LogP contribution in [0.15, 0.2) is 71.6 Å². The molecule has 1 aliphatic heterocycles. The summed E-state index contributed by atoms with van der Waals surface area (Å²) in [5.74, 6) is 0.219. The van der Waals surface area contributed by atoms with E-state index in [-0.39, 0.29) is 17.4 Å². The van der Waals surface area contributed by atoms with E-state index in [9.17, 15) is 13.2 Å². The Hall–Kier alpha value is -2.94. The van der Waals surface area contributed by atoms with Crippen molar-refractivity contribution in [3.8, 4) is 5.75 Å². The number of fused-ring (bicyclic) bond motifs is 1. The predicted molar refractivity (Wildman–Crippen MR) is 114 cm³/mol. The molecule has 3 aromatic rings. The average Bonchev–Trinajstić information content (AvgIpc) is 2.78. The van der Waals surface area contributed by atoms with Gasteiger partial charge in [-0.1, -0.05) is 36.4 Å². The minimum Gasteiger partial charge on any atom is -0.484 e. The summed E-state index contributed by atoms with van der Waals surface area (Å²) in [5.41, 5.74) is 0.399. The number of ether oxygens (including phenoxy) is 2. The normalized spacial score (nSPS) is 15.1. The van der Waals surface area contributed by atoms with Gasteiger partial charge >= 0.3 is 0 Å². The van der Waals surface area contributed by atoms with Gasteiger partial charge in [-0.2, -0.15) is 4.31 Å². The second kappa shape index (κ2) is 8.83. The highest BCUT2D eigenvalue weighted by Crippen LogP contribution is 2.22. The van der Waals surface area contributed by atoms with Crippen LogP contribution in [0.3, 0.4) is 0 Å². The van der Waals surface area contributed by atoms with Gasteiger partial charge in [-0.25, -0.2) is 8.42 Å². The number of sulfonamides is 1. The fourth-order valence-electron chi connectivity index (χ4n) is 3.27. The Kier molecular flexibility index (Phi) is 5.98. The van der Waals surface area contributed by atoms with Gasteiger partial charge in [0.2, 0.25) is 10.0 Å². The Bertz CT molecular complexity index is 1160. The second-order valence-corrected chi connectivity index (χ2v) is 8.83. The molecular weight excluding hydrogens is 404 g/mol. The number of anilines is 1. The smallest absolute Gasteiger partial charge is 0.262 e. The van der Waals surface area contributed by atoms with E-state index in [1.807, 2.05) is 42.5 Å². The van der Waals surface area contributed by atoms with Crippen molar-refractivity contribution in [1.29, 1.82) is 0 Å². The van der Waals surface area contributed by atoms with Crippen molar-refractivity contribution in [3.63, 3.8) is 0 Å². The molecule has 156 valence electrons. The van der Waals surface area contributed by atoms with Gasteiger partial charge in [-0.15, -0.1) is 0 Å². The molecule has 0 radical (unpaired) electrons. The third-order valence-electron chi connectivity index (χ3n) is 4.82. The highest BCUT2D eigenvalue weighted by molar-refractivity contribution is 7.89. The maximum atomic E-state index is 12.8. The highest BCUT2D eigenvalue weighted by Gasteiger charge is 2.26. The van der Waals surface area contributed by atoms with Gasteiger partial charge in [0.25, 0.3) is 5.91 Å². The van der Waals surface area contributed by atoms with Crippen molar-refractivity contribution in [1.82, 2.24) is 4.31 Å². The lowest BCUT2D eigenvalue weighted by Crippen LogP contribution is -2.40. The first-order valence-electron chi connectivity index (χ1n) is 9.62. The molecule has 1 aliphatic rings. The molecule has 0 unspecified atom stereocenters. The molecule has 1 heterocycles. The Balaban J connectivity index is 1.40. The number of rotatable bonds is 6. The summed E-state index contributed by atoms with van der Waals surface area (Å²) >= 11 is 0. The highest BCUT2D eigenvalue weighted by atomic mass is 32.2. The van der Waals surface area contributed by atoms with Gasteiger partial charge in [0.15, 0.2) is 6.61 Å². The zero-order valence-electron chi connectivity index (χ0n) is 16.3. The molecule has 4 rings (SSSR count). The maximum absolute atomic E-state index is 12.8. The minimum absolute atomic E-state index is 0.137. The third-order valence-corrected chi connectivity index (χ3v) is 6.71. The van der Waals surface area contributed by atoms with E-state index in [1.54, 1.807) is 12.1 Å². The average molecular weight is 426 g/mol. The number of amides is 1. The summed E-state index contributed by atoms with van der Waals surface area (Å²) in [4.78, 5) is 12.4.